The van der Waals surface area contributed by atoms with E-state index in [0.29, 0.717) is 30.6 Å². The second-order valence-electron chi connectivity index (χ2n) is 5.40. The van der Waals surface area contributed by atoms with Crippen LogP contribution in [-0.4, -0.2) is 25.1 Å². The van der Waals surface area contributed by atoms with Crippen LogP contribution in [0.25, 0.3) is 6.08 Å². The van der Waals surface area contributed by atoms with Crippen LogP contribution >= 0.6 is 15.9 Å². The van der Waals surface area contributed by atoms with Gasteiger partial charge in [-0.15, -0.1) is 0 Å². The van der Waals surface area contributed by atoms with Crippen molar-refractivity contribution in [2.45, 2.75) is 13.8 Å². The summed E-state index contributed by atoms with van der Waals surface area (Å²) in [6.45, 7) is 4.84. The van der Waals surface area contributed by atoms with Crippen LogP contribution in [0.15, 0.2) is 57.6 Å². The minimum atomic E-state index is -0.480. The summed E-state index contributed by atoms with van der Waals surface area (Å²) in [5, 5.41) is 0. The lowest BCUT2D eigenvalue weighted by atomic mass is 10.1. The standard InChI is InChI=1S/C20H18BrNO4/c1-3-24-17-12-13(10-15(21)18(17)25-4-2)11-16-20(23)26-19(22-16)14-8-6-5-7-9-14/h5-12H,3-4H2,1-2H3/b16-11-. The molecule has 134 valence electrons. The number of nitrogens with zero attached hydrogens (tertiary/aromatic N) is 1. The first kappa shape index (κ1) is 18.2. The second kappa shape index (κ2) is 8.19. The summed E-state index contributed by atoms with van der Waals surface area (Å²) in [6.07, 6.45) is 1.67. The third kappa shape index (κ3) is 3.96. The zero-order chi connectivity index (χ0) is 18.5. The van der Waals surface area contributed by atoms with E-state index in [-0.39, 0.29) is 5.70 Å². The van der Waals surface area contributed by atoms with Gasteiger partial charge in [0.15, 0.2) is 17.2 Å². The zero-order valence-corrected chi connectivity index (χ0v) is 16.1. The van der Waals surface area contributed by atoms with E-state index in [2.05, 4.69) is 20.9 Å². The third-order valence-corrected chi connectivity index (χ3v) is 4.15. The summed E-state index contributed by atoms with van der Waals surface area (Å²) < 4.78 is 17.3. The maximum atomic E-state index is 12.2. The number of hydrogen-bond donors (Lipinski definition) is 0. The van der Waals surface area contributed by atoms with Crippen molar-refractivity contribution in [2.24, 2.45) is 4.99 Å². The molecule has 0 aliphatic carbocycles. The Morgan fingerprint density at radius 1 is 1.12 bits per heavy atom. The van der Waals surface area contributed by atoms with Crippen LogP contribution in [0.3, 0.4) is 0 Å². The van der Waals surface area contributed by atoms with Crippen LogP contribution < -0.4 is 9.47 Å². The van der Waals surface area contributed by atoms with Gasteiger partial charge in [0.05, 0.1) is 17.7 Å². The Morgan fingerprint density at radius 2 is 1.85 bits per heavy atom. The summed E-state index contributed by atoms with van der Waals surface area (Å²) in [6, 6.07) is 13.0. The number of benzene rings is 2. The molecule has 2 aromatic rings. The van der Waals surface area contributed by atoms with Crippen molar-refractivity contribution in [3.8, 4) is 11.5 Å². The molecule has 3 rings (SSSR count). The number of halogens is 1. The smallest absolute Gasteiger partial charge is 0.363 e. The molecule has 0 saturated carbocycles. The lowest BCUT2D eigenvalue weighted by Gasteiger charge is -2.13. The van der Waals surface area contributed by atoms with Crippen LogP contribution in [-0.2, 0) is 9.53 Å². The molecule has 0 aromatic heterocycles. The Hall–Kier alpha value is -2.60. The van der Waals surface area contributed by atoms with E-state index in [4.69, 9.17) is 14.2 Å². The van der Waals surface area contributed by atoms with Gasteiger partial charge in [0.25, 0.3) is 0 Å². The van der Waals surface area contributed by atoms with Crippen molar-refractivity contribution in [3.63, 3.8) is 0 Å². The molecule has 0 bridgehead atoms. The summed E-state index contributed by atoms with van der Waals surface area (Å²) >= 11 is 3.50. The largest absolute Gasteiger partial charge is 0.490 e. The predicted molar refractivity (Wildman–Crippen MR) is 104 cm³/mol. The maximum absolute atomic E-state index is 12.2. The first-order valence-corrected chi connectivity index (χ1v) is 9.08. The normalized spacial score (nSPS) is 15.0. The average molecular weight is 416 g/mol. The molecule has 0 atom stereocenters. The van der Waals surface area contributed by atoms with E-state index in [0.717, 1.165) is 15.6 Å². The quantitative estimate of drug-likeness (QED) is 0.511. The minimum Gasteiger partial charge on any atom is -0.490 e. The molecule has 1 aliphatic heterocycles. The van der Waals surface area contributed by atoms with E-state index in [1.165, 1.54) is 0 Å². The summed E-state index contributed by atoms with van der Waals surface area (Å²) in [4.78, 5) is 16.5. The zero-order valence-electron chi connectivity index (χ0n) is 14.5. The van der Waals surface area contributed by atoms with Crippen LogP contribution in [0.2, 0.25) is 0 Å². The number of cyclic esters (lactones) is 1. The first-order chi connectivity index (χ1) is 12.6. The molecule has 5 nitrogen and oxygen atoms in total. The van der Waals surface area contributed by atoms with E-state index >= 15 is 0 Å². The molecule has 0 fully saturated rings. The molecular formula is C20H18BrNO4. The number of hydrogen-bond acceptors (Lipinski definition) is 5. The van der Waals surface area contributed by atoms with Gasteiger partial charge in [-0.2, -0.15) is 0 Å². The highest BCUT2D eigenvalue weighted by Crippen LogP contribution is 2.37. The van der Waals surface area contributed by atoms with Gasteiger partial charge in [-0.1, -0.05) is 18.2 Å². The Labute approximate surface area is 160 Å². The topological polar surface area (TPSA) is 57.1 Å². The highest BCUT2D eigenvalue weighted by atomic mass is 79.9. The van der Waals surface area contributed by atoms with Gasteiger partial charge in [-0.05, 0) is 65.7 Å². The molecular weight excluding hydrogens is 398 g/mol. The Bertz CT molecular complexity index is 875. The van der Waals surface area contributed by atoms with Crippen molar-refractivity contribution in [1.29, 1.82) is 0 Å². The van der Waals surface area contributed by atoms with Gasteiger partial charge in [-0.25, -0.2) is 9.79 Å². The van der Waals surface area contributed by atoms with Gasteiger partial charge in [-0.3, -0.25) is 0 Å². The summed E-state index contributed by atoms with van der Waals surface area (Å²) in [5.74, 6) is 1.07. The fourth-order valence-electron chi connectivity index (χ4n) is 2.49. The molecule has 0 unspecified atom stereocenters. The van der Waals surface area contributed by atoms with Crippen molar-refractivity contribution in [3.05, 3.63) is 63.8 Å². The van der Waals surface area contributed by atoms with Crippen molar-refractivity contribution in [1.82, 2.24) is 0 Å². The lowest BCUT2D eigenvalue weighted by Crippen LogP contribution is -2.05. The molecule has 1 aliphatic rings. The molecule has 2 aromatic carbocycles. The molecule has 0 N–H and O–H groups in total. The van der Waals surface area contributed by atoms with Crippen molar-refractivity contribution in [2.75, 3.05) is 13.2 Å². The van der Waals surface area contributed by atoms with Gasteiger partial charge in [0.1, 0.15) is 0 Å². The van der Waals surface area contributed by atoms with E-state index < -0.39 is 5.97 Å². The maximum Gasteiger partial charge on any atom is 0.363 e. The van der Waals surface area contributed by atoms with Crippen LogP contribution in [0.1, 0.15) is 25.0 Å². The molecule has 6 heteroatoms. The SMILES string of the molecule is CCOc1cc(/C=C2\N=C(c3ccccc3)OC2=O)cc(Br)c1OCC. The fourth-order valence-corrected chi connectivity index (χ4v) is 3.06. The highest BCUT2D eigenvalue weighted by molar-refractivity contribution is 9.10. The second-order valence-corrected chi connectivity index (χ2v) is 6.25. The molecule has 26 heavy (non-hydrogen) atoms. The van der Waals surface area contributed by atoms with Gasteiger partial charge < -0.3 is 14.2 Å². The van der Waals surface area contributed by atoms with E-state index in [1.807, 2.05) is 56.3 Å². The van der Waals surface area contributed by atoms with Crippen molar-refractivity contribution >= 4 is 33.9 Å². The van der Waals surface area contributed by atoms with Crippen LogP contribution in [0, 0.1) is 0 Å². The number of ether oxygens (including phenoxy) is 3. The molecule has 0 amide bonds. The molecule has 0 spiro atoms. The van der Waals surface area contributed by atoms with Gasteiger partial charge in [0.2, 0.25) is 5.90 Å². The number of rotatable bonds is 6. The number of carbonyl (C=O) groups excluding carboxylic acids is 1. The highest BCUT2D eigenvalue weighted by Gasteiger charge is 2.24. The predicted octanol–water partition coefficient (Wildman–Crippen LogP) is 4.59. The van der Waals surface area contributed by atoms with Gasteiger partial charge >= 0.3 is 5.97 Å². The number of esters is 1. The van der Waals surface area contributed by atoms with Crippen molar-refractivity contribution < 1.29 is 19.0 Å². The Kier molecular flexibility index (Phi) is 5.73. The monoisotopic (exact) mass is 415 g/mol. The lowest BCUT2D eigenvalue weighted by molar-refractivity contribution is -0.129. The number of carbonyl (C=O) groups is 1. The first-order valence-electron chi connectivity index (χ1n) is 8.29. The molecule has 0 saturated heterocycles. The number of aliphatic imine (C=N–C) groups is 1. The van der Waals surface area contributed by atoms with Gasteiger partial charge in [0, 0.05) is 5.56 Å². The van der Waals surface area contributed by atoms with Crippen LogP contribution in [0.4, 0.5) is 0 Å². The minimum absolute atomic E-state index is 0.238. The molecule has 0 radical (unpaired) electrons. The summed E-state index contributed by atoms with van der Waals surface area (Å²) in [5.41, 5.74) is 1.75. The van der Waals surface area contributed by atoms with E-state index in [9.17, 15) is 4.79 Å². The third-order valence-electron chi connectivity index (χ3n) is 3.57. The average Bonchev–Trinajstić information content (AvgIpc) is 3.00. The Morgan fingerprint density at radius 3 is 2.54 bits per heavy atom. The molecule has 1 heterocycles. The Balaban J connectivity index is 1.96. The summed E-state index contributed by atoms with van der Waals surface area (Å²) in [7, 11) is 0. The van der Waals surface area contributed by atoms with E-state index in [1.54, 1.807) is 6.08 Å². The fraction of sp³-hybridized carbons (Fsp3) is 0.200. The van der Waals surface area contributed by atoms with Crippen LogP contribution in [0.5, 0.6) is 11.5 Å².